The summed E-state index contributed by atoms with van der Waals surface area (Å²) >= 11 is 2.12. The minimum atomic E-state index is 0.373. The van der Waals surface area contributed by atoms with Crippen LogP contribution in [0.3, 0.4) is 0 Å². The van der Waals surface area contributed by atoms with Crippen LogP contribution < -0.4 is 9.47 Å². The van der Waals surface area contributed by atoms with Gasteiger partial charge in [0.15, 0.2) is 0 Å². The van der Waals surface area contributed by atoms with Crippen LogP contribution in [0.25, 0.3) is 20.3 Å². The van der Waals surface area contributed by atoms with Crippen molar-refractivity contribution in [2.24, 2.45) is 0 Å². The molecule has 0 saturated carbocycles. The van der Waals surface area contributed by atoms with Crippen molar-refractivity contribution in [2.75, 3.05) is 13.2 Å². The monoisotopic (exact) mass is 746 g/mol. The molecule has 0 bridgehead atoms. The third-order valence-electron chi connectivity index (χ3n) is 9.58. The summed E-state index contributed by atoms with van der Waals surface area (Å²) in [6.07, 6.45) is 38.1. The number of fused-ring (bicyclic) bond motifs is 1. The SMILES string of the molecule is CCCCCCCCCCCCCCCCOc1nc2csc(-c3ccc[se]3)c2nc1OCCCCCCCCCCCCCCCC. The van der Waals surface area contributed by atoms with Crippen LogP contribution in [0.5, 0.6) is 11.8 Å². The van der Waals surface area contributed by atoms with E-state index < -0.39 is 0 Å². The minimum Gasteiger partial charge on any atom is -0.0654 e. The van der Waals surface area contributed by atoms with E-state index in [2.05, 4.69) is 36.3 Å². The first-order valence-electron chi connectivity index (χ1n) is 20.4. The fourth-order valence-electron chi connectivity index (χ4n) is 6.54. The Bertz CT molecular complexity index is 1150. The zero-order valence-electron chi connectivity index (χ0n) is 31.1. The number of thiophene rings is 1. The molecule has 0 spiro atoms. The average Bonchev–Trinajstić information content (AvgIpc) is 3.78. The van der Waals surface area contributed by atoms with E-state index in [1.807, 2.05) is 0 Å². The second-order valence-electron chi connectivity index (χ2n) is 14.0. The average molecular weight is 746 g/mol. The summed E-state index contributed by atoms with van der Waals surface area (Å²) in [5.41, 5.74) is 1.90. The standard InChI is InChI=1S/C42H70N2O2SSe/c1-3-5-7-9-11-13-15-17-19-21-23-25-27-29-33-45-41-42(44-39-37(43-41)36-47-40(39)38-32-31-35-48-38)46-34-30-28-26-24-22-20-18-16-14-12-10-8-6-4-2/h31-32,35-36H,3-30,33-34H2,1-2H3. The molecule has 0 N–H and O–H groups in total. The van der Waals surface area contributed by atoms with Crippen LogP contribution in [0.1, 0.15) is 194 Å². The summed E-state index contributed by atoms with van der Waals surface area (Å²) in [7, 11) is 0. The van der Waals surface area contributed by atoms with Crippen molar-refractivity contribution in [3.63, 3.8) is 0 Å². The van der Waals surface area contributed by atoms with Gasteiger partial charge in [0.1, 0.15) is 0 Å². The summed E-state index contributed by atoms with van der Waals surface area (Å²) in [6, 6.07) is 4.39. The maximum atomic E-state index is 6.29. The van der Waals surface area contributed by atoms with Crippen LogP contribution in [-0.4, -0.2) is 37.7 Å². The first kappa shape index (κ1) is 41.1. The second-order valence-corrected chi connectivity index (χ2v) is 16.9. The number of ether oxygens (including phenoxy) is 2. The summed E-state index contributed by atoms with van der Waals surface area (Å²) in [5, 5.41) is 2.13. The second kappa shape index (κ2) is 28.3. The molecule has 3 rings (SSSR count). The van der Waals surface area contributed by atoms with Crippen molar-refractivity contribution >= 4 is 36.9 Å². The van der Waals surface area contributed by atoms with Gasteiger partial charge in [-0.15, -0.1) is 0 Å². The quantitative estimate of drug-likeness (QED) is 0.0460. The van der Waals surface area contributed by atoms with E-state index in [-0.39, 0.29) is 0 Å². The Balaban J connectivity index is 1.30. The van der Waals surface area contributed by atoms with Gasteiger partial charge in [0, 0.05) is 0 Å². The van der Waals surface area contributed by atoms with Crippen LogP contribution in [-0.2, 0) is 0 Å². The van der Waals surface area contributed by atoms with Gasteiger partial charge in [0.05, 0.1) is 0 Å². The van der Waals surface area contributed by atoms with Crippen molar-refractivity contribution in [1.82, 2.24) is 9.97 Å². The number of rotatable bonds is 33. The van der Waals surface area contributed by atoms with Crippen LogP contribution in [0, 0.1) is 0 Å². The number of unbranched alkanes of at least 4 members (excludes halogenated alkanes) is 26. The molecule has 0 aliphatic rings. The van der Waals surface area contributed by atoms with E-state index in [1.54, 1.807) is 11.3 Å². The molecule has 0 aliphatic heterocycles. The molecule has 0 aromatic carbocycles. The Kier molecular flexibility index (Phi) is 24.3. The van der Waals surface area contributed by atoms with Gasteiger partial charge in [0.25, 0.3) is 0 Å². The number of nitrogens with zero attached hydrogens (tertiary/aromatic N) is 2. The van der Waals surface area contributed by atoms with E-state index in [9.17, 15) is 0 Å². The van der Waals surface area contributed by atoms with Crippen molar-refractivity contribution in [3.8, 4) is 21.1 Å². The molecule has 6 heteroatoms. The Morgan fingerprint density at radius 2 is 0.917 bits per heavy atom. The smallest absolute Gasteiger partial charge is 0.0654 e. The third kappa shape index (κ3) is 18.0. The van der Waals surface area contributed by atoms with Gasteiger partial charge in [-0.2, -0.15) is 0 Å². The van der Waals surface area contributed by atoms with E-state index in [1.165, 1.54) is 176 Å². The molecular formula is C42H70N2O2SSe. The molecule has 48 heavy (non-hydrogen) atoms. The molecule has 0 unspecified atom stereocenters. The van der Waals surface area contributed by atoms with Crippen LogP contribution >= 0.6 is 11.3 Å². The predicted molar refractivity (Wildman–Crippen MR) is 211 cm³/mol. The molecule has 3 aromatic heterocycles. The first-order chi connectivity index (χ1) is 23.8. The zero-order chi connectivity index (χ0) is 33.7. The summed E-state index contributed by atoms with van der Waals surface area (Å²) in [4.78, 5) is 13.4. The van der Waals surface area contributed by atoms with Crippen molar-refractivity contribution < 1.29 is 9.47 Å². The molecule has 0 amide bonds. The van der Waals surface area contributed by atoms with Gasteiger partial charge in [-0.05, 0) is 0 Å². The predicted octanol–water partition coefficient (Wildman–Crippen LogP) is 14.1. The molecule has 272 valence electrons. The molecule has 0 atom stereocenters. The van der Waals surface area contributed by atoms with Gasteiger partial charge in [-0.1, -0.05) is 136 Å². The number of aromatic nitrogens is 2. The fourth-order valence-corrected chi connectivity index (χ4v) is 9.33. The molecule has 0 aliphatic carbocycles. The van der Waals surface area contributed by atoms with Crippen LogP contribution in [0.4, 0.5) is 0 Å². The van der Waals surface area contributed by atoms with E-state index in [0.29, 0.717) is 39.5 Å². The van der Waals surface area contributed by atoms with E-state index in [4.69, 9.17) is 19.4 Å². The molecule has 0 radical (unpaired) electrons. The fraction of sp³-hybridized carbons (Fsp3) is 0.762. The molecule has 0 fully saturated rings. The number of hydrogen-bond donors (Lipinski definition) is 0. The van der Waals surface area contributed by atoms with Gasteiger partial charge < -0.3 is 0 Å². The Morgan fingerprint density at radius 1 is 0.521 bits per heavy atom. The zero-order valence-corrected chi connectivity index (χ0v) is 33.6. The van der Waals surface area contributed by atoms with Crippen LogP contribution in [0.2, 0.25) is 0 Å². The topological polar surface area (TPSA) is 44.2 Å². The molecule has 3 aromatic rings. The summed E-state index contributed by atoms with van der Waals surface area (Å²) < 4.78 is 13.9. The maximum absolute atomic E-state index is 6.29. The Labute approximate surface area is 305 Å². The van der Waals surface area contributed by atoms with E-state index in [0.717, 1.165) is 23.9 Å². The first-order valence-corrected chi connectivity index (χ1v) is 23.1. The molecule has 0 saturated heterocycles. The minimum absolute atomic E-state index is 0.373. The van der Waals surface area contributed by atoms with Gasteiger partial charge >= 0.3 is 171 Å². The van der Waals surface area contributed by atoms with Gasteiger partial charge in [-0.25, -0.2) is 0 Å². The van der Waals surface area contributed by atoms with Crippen molar-refractivity contribution in [2.45, 2.75) is 194 Å². The summed E-state index contributed by atoms with van der Waals surface area (Å²) in [6.45, 7) is 5.95. The van der Waals surface area contributed by atoms with Crippen molar-refractivity contribution in [3.05, 3.63) is 22.5 Å². The van der Waals surface area contributed by atoms with Gasteiger partial charge in [0.2, 0.25) is 0 Å². The third-order valence-corrected chi connectivity index (χ3v) is 12.7. The van der Waals surface area contributed by atoms with Crippen molar-refractivity contribution in [1.29, 1.82) is 0 Å². The van der Waals surface area contributed by atoms with Gasteiger partial charge in [-0.3, -0.25) is 0 Å². The van der Waals surface area contributed by atoms with Crippen LogP contribution in [0.15, 0.2) is 22.5 Å². The van der Waals surface area contributed by atoms with E-state index >= 15 is 0 Å². The summed E-state index contributed by atoms with van der Waals surface area (Å²) in [5.74, 6) is 1.16. The Hall–Kier alpha value is -1.36. The molecule has 3 heterocycles. The number of hydrogen-bond acceptors (Lipinski definition) is 5. The normalized spacial score (nSPS) is 11.5. The Morgan fingerprint density at radius 3 is 1.31 bits per heavy atom. The molecule has 4 nitrogen and oxygen atoms in total. The molecular weight excluding hydrogens is 676 g/mol.